The molecule has 1 unspecified atom stereocenters. The Kier molecular flexibility index (Phi) is 8.46. The molecule has 0 amide bonds. The molecule has 0 bridgehead atoms. The standard InChI is InChI=1S/C27H30ClN3O5S2/c1-20-5-13-24(14-6-20)37(32,33)29-26(19-28)30-17-4-18-31(27(30)22-9-11-23(36-3)12-10-22)38(34,35)25-15-7-21(2)8-16-25/h5-16,27H,4,17-19H2,1-3H3/b29-26+. The first kappa shape index (κ1) is 28.1. The molecule has 1 aliphatic rings. The molecular weight excluding hydrogens is 546 g/mol. The van der Waals surface area contributed by atoms with Gasteiger partial charge in [-0.25, -0.2) is 8.42 Å². The maximum absolute atomic E-state index is 13.9. The minimum atomic E-state index is -4.09. The number of methoxy groups -OCH3 is 1. The zero-order chi connectivity index (χ0) is 27.5. The van der Waals surface area contributed by atoms with Gasteiger partial charge in [0.05, 0.1) is 22.8 Å². The summed E-state index contributed by atoms with van der Waals surface area (Å²) in [4.78, 5) is 1.85. The largest absolute Gasteiger partial charge is 0.497 e. The third-order valence-corrected chi connectivity index (χ3v) is 9.81. The molecule has 202 valence electrons. The Labute approximate surface area is 229 Å². The van der Waals surface area contributed by atoms with Crippen LogP contribution < -0.4 is 4.74 Å². The second kappa shape index (κ2) is 11.4. The van der Waals surface area contributed by atoms with Crippen LogP contribution in [0.2, 0.25) is 0 Å². The molecule has 38 heavy (non-hydrogen) atoms. The zero-order valence-corrected chi connectivity index (χ0v) is 23.8. The summed E-state index contributed by atoms with van der Waals surface area (Å²) in [6.07, 6.45) is -0.412. The molecule has 1 aliphatic heterocycles. The number of amidine groups is 1. The highest BCUT2D eigenvalue weighted by Crippen LogP contribution is 2.36. The van der Waals surface area contributed by atoms with Gasteiger partial charge in [-0.05, 0) is 62.2 Å². The summed E-state index contributed by atoms with van der Waals surface area (Å²) >= 11 is 6.29. The van der Waals surface area contributed by atoms with Crippen molar-refractivity contribution >= 4 is 37.5 Å². The van der Waals surface area contributed by atoms with E-state index in [0.717, 1.165) is 11.1 Å². The number of rotatable bonds is 7. The second-order valence-electron chi connectivity index (χ2n) is 9.05. The lowest BCUT2D eigenvalue weighted by atomic mass is 10.1. The molecule has 1 saturated heterocycles. The first-order chi connectivity index (χ1) is 18.1. The number of aryl methyl sites for hydroxylation is 2. The average Bonchev–Trinajstić information content (AvgIpc) is 2.92. The summed E-state index contributed by atoms with van der Waals surface area (Å²) in [6, 6.07) is 20.0. The number of hydrogen-bond acceptors (Lipinski definition) is 5. The summed E-state index contributed by atoms with van der Waals surface area (Å²) in [5.74, 6) is 0.449. The lowest BCUT2D eigenvalue weighted by molar-refractivity contribution is 0.124. The Morgan fingerprint density at radius 2 is 1.42 bits per heavy atom. The zero-order valence-electron chi connectivity index (χ0n) is 21.4. The van der Waals surface area contributed by atoms with Crippen LogP contribution in [-0.2, 0) is 20.0 Å². The van der Waals surface area contributed by atoms with Gasteiger partial charge in [0, 0.05) is 13.1 Å². The highest BCUT2D eigenvalue weighted by Gasteiger charge is 2.40. The fraction of sp³-hybridized carbons (Fsp3) is 0.296. The molecule has 0 saturated carbocycles. The van der Waals surface area contributed by atoms with Gasteiger partial charge in [0.25, 0.3) is 10.0 Å². The van der Waals surface area contributed by atoms with Crippen LogP contribution in [-0.4, -0.2) is 58.0 Å². The highest BCUT2D eigenvalue weighted by molar-refractivity contribution is 7.90. The van der Waals surface area contributed by atoms with Crippen LogP contribution in [0.3, 0.4) is 0 Å². The van der Waals surface area contributed by atoms with Crippen LogP contribution in [0.4, 0.5) is 0 Å². The van der Waals surface area contributed by atoms with Crippen molar-refractivity contribution in [3.63, 3.8) is 0 Å². The minimum absolute atomic E-state index is 0.0351. The third-order valence-electron chi connectivity index (χ3n) is 6.38. The number of hydrogen-bond donors (Lipinski definition) is 0. The molecule has 1 atom stereocenters. The van der Waals surface area contributed by atoms with E-state index < -0.39 is 26.2 Å². The lowest BCUT2D eigenvalue weighted by Gasteiger charge is -2.44. The van der Waals surface area contributed by atoms with Crippen molar-refractivity contribution in [1.29, 1.82) is 0 Å². The number of halogens is 1. The lowest BCUT2D eigenvalue weighted by Crippen LogP contribution is -2.52. The van der Waals surface area contributed by atoms with Crippen molar-refractivity contribution in [2.24, 2.45) is 4.40 Å². The van der Waals surface area contributed by atoms with E-state index in [1.54, 1.807) is 72.7 Å². The molecule has 0 aliphatic carbocycles. The van der Waals surface area contributed by atoms with Gasteiger partial charge in [0.2, 0.25) is 10.0 Å². The topological polar surface area (TPSA) is 96.3 Å². The van der Waals surface area contributed by atoms with Crippen molar-refractivity contribution in [3.8, 4) is 5.75 Å². The summed E-state index contributed by atoms with van der Waals surface area (Å²) < 4.78 is 64.9. The van der Waals surface area contributed by atoms with Crippen LogP contribution in [0, 0.1) is 13.8 Å². The van der Waals surface area contributed by atoms with E-state index in [4.69, 9.17) is 16.3 Å². The van der Waals surface area contributed by atoms with Gasteiger partial charge < -0.3 is 9.64 Å². The Morgan fingerprint density at radius 1 is 0.868 bits per heavy atom. The first-order valence-electron chi connectivity index (χ1n) is 12.0. The van der Waals surface area contributed by atoms with Crippen LogP contribution in [0.15, 0.2) is 87.0 Å². The van der Waals surface area contributed by atoms with Crippen molar-refractivity contribution in [2.75, 3.05) is 26.1 Å². The fourth-order valence-electron chi connectivity index (χ4n) is 4.34. The van der Waals surface area contributed by atoms with Gasteiger partial charge in [0.1, 0.15) is 17.8 Å². The number of nitrogens with zero attached hydrogens (tertiary/aromatic N) is 3. The maximum atomic E-state index is 13.9. The molecule has 0 N–H and O–H groups in total. The van der Waals surface area contributed by atoms with E-state index in [1.807, 2.05) is 13.8 Å². The molecule has 0 aromatic heterocycles. The van der Waals surface area contributed by atoms with Crippen LogP contribution in [0.1, 0.15) is 29.3 Å². The van der Waals surface area contributed by atoms with E-state index in [-0.39, 0.29) is 28.1 Å². The Morgan fingerprint density at radius 3 is 1.95 bits per heavy atom. The van der Waals surface area contributed by atoms with Crippen LogP contribution in [0.5, 0.6) is 5.75 Å². The van der Waals surface area contributed by atoms with Crippen molar-refractivity contribution in [1.82, 2.24) is 9.21 Å². The summed E-state index contributed by atoms with van der Waals surface area (Å²) in [5, 5.41) is 0. The second-order valence-corrected chi connectivity index (χ2v) is 12.8. The predicted octanol–water partition coefficient (Wildman–Crippen LogP) is 4.73. The van der Waals surface area contributed by atoms with Gasteiger partial charge in [0.15, 0.2) is 0 Å². The van der Waals surface area contributed by atoms with Crippen molar-refractivity contribution < 1.29 is 21.6 Å². The highest BCUT2D eigenvalue weighted by atomic mass is 35.5. The van der Waals surface area contributed by atoms with Crippen LogP contribution >= 0.6 is 11.6 Å². The van der Waals surface area contributed by atoms with E-state index in [9.17, 15) is 16.8 Å². The molecule has 0 radical (unpaired) electrons. The molecular formula is C27H30ClN3O5S2. The molecule has 8 nitrogen and oxygen atoms in total. The molecule has 1 heterocycles. The SMILES string of the molecule is COc1ccc(C2N(/C(CCl)=N/S(=O)(=O)c3ccc(C)cc3)CCCN2S(=O)(=O)c2ccc(C)cc2)cc1. The van der Waals surface area contributed by atoms with E-state index in [0.29, 0.717) is 24.3 Å². The molecule has 1 fully saturated rings. The summed E-state index contributed by atoms with van der Waals surface area (Å²) in [6.45, 7) is 4.35. The summed E-state index contributed by atoms with van der Waals surface area (Å²) in [7, 11) is -6.50. The first-order valence-corrected chi connectivity index (χ1v) is 15.4. The average molecular weight is 576 g/mol. The smallest absolute Gasteiger partial charge is 0.283 e. The fourth-order valence-corrected chi connectivity index (χ4v) is 7.28. The van der Waals surface area contributed by atoms with Gasteiger partial charge in [-0.1, -0.05) is 47.5 Å². The molecule has 11 heteroatoms. The number of alkyl halides is 1. The van der Waals surface area contributed by atoms with Crippen LogP contribution in [0.25, 0.3) is 0 Å². The number of benzene rings is 3. The molecule has 3 aromatic carbocycles. The predicted molar refractivity (Wildman–Crippen MR) is 149 cm³/mol. The molecule has 3 aromatic rings. The Bertz CT molecular complexity index is 1510. The van der Waals surface area contributed by atoms with Gasteiger partial charge >= 0.3 is 0 Å². The summed E-state index contributed by atoms with van der Waals surface area (Å²) in [5.41, 5.74) is 2.48. The normalized spacial score (nSPS) is 17.4. The number of ether oxygens (including phenoxy) is 1. The van der Waals surface area contributed by atoms with Crippen molar-refractivity contribution in [2.45, 2.75) is 36.2 Å². The third kappa shape index (κ3) is 5.88. The molecule has 4 rings (SSSR count). The quantitative estimate of drug-likeness (QED) is 0.229. The van der Waals surface area contributed by atoms with Gasteiger partial charge in [-0.3, -0.25) is 0 Å². The van der Waals surface area contributed by atoms with E-state index in [1.165, 1.54) is 16.4 Å². The van der Waals surface area contributed by atoms with E-state index in [2.05, 4.69) is 4.40 Å². The van der Waals surface area contributed by atoms with Crippen molar-refractivity contribution in [3.05, 3.63) is 89.5 Å². The minimum Gasteiger partial charge on any atom is -0.497 e. The Hall–Kier alpha value is -2.92. The van der Waals surface area contributed by atoms with E-state index >= 15 is 0 Å². The van der Waals surface area contributed by atoms with Gasteiger partial charge in [-0.15, -0.1) is 16.0 Å². The Balaban J connectivity index is 1.83. The molecule has 0 spiro atoms. The van der Waals surface area contributed by atoms with Gasteiger partial charge in [-0.2, -0.15) is 12.7 Å². The maximum Gasteiger partial charge on any atom is 0.283 e. The number of sulfonamides is 2. The monoisotopic (exact) mass is 575 g/mol.